The van der Waals surface area contributed by atoms with Crippen molar-refractivity contribution in [3.63, 3.8) is 0 Å². The van der Waals surface area contributed by atoms with Gasteiger partial charge in [-0.05, 0) is 94.3 Å². The van der Waals surface area contributed by atoms with E-state index < -0.39 is 0 Å². The van der Waals surface area contributed by atoms with E-state index in [4.69, 9.17) is 19.4 Å². The molecule has 0 unspecified atom stereocenters. The van der Waals surface area contributed by atoms with E-state index in [0.29, 0.717) is 17.5 Å². The third-order valence-electron chi connectivity index (χ3n) is 14.7. The van der Waals surface area contributed by atoms with Crippen molar-refractivity contribution in [1.82, 2.24) is 24.1 Å². The van der Waals surface area contributed by atoms with Crippen LogP contribution in [0.15, 0.2) is 229 Å². The number of hydrogen-bond donors (Lipinski definition) is 0. The summed E-state index contributed by atoms with van der Waals surface area (Å²) in [6.45, 7) is 0. The Bertz CT molecular complexity index is 4940. The highest BCUT2D eigenvalue weighted by Gasteiger charge is 2.25. The molecule has 5 heterocycles. The number of benzene rings is 11. The van der Waals surface area contributed by atoms with Gasteiger partial charge < -0.3 is 13.6 Å². The summed E-state index contributed by atoms with van der Waals surface area (Å²) in [6, 6.07) is 80.2. The molecule has 0 fully saturated rings. The van der Waals surface area contributed by atoms with Gasteiger partial charge in [-0.3, -0.25) is 0 Å². The van der Waals surface area contributed by atoms with Crippen LogP contribution in [0, 0.1) is 0 Å². The predicted octanol–water partition coefficient (Wildman–Crippen LogP) is 17.6. The molecule has 0 atom stereocenters. The van der Waals surface area contributed by atoms with Crippen molar-refractivity contribution in [2.24, 2.45) is 0 Å². The van der Waals surface area contributed by atoms with Crippen LogP contribution in [-0.2, 0) is 0 Å². The van der Waals surface area contributed by atoms with Crippen LogP contribution in [0.3, 0.4) is 0 Å². The fourth-order valence-electron chi connectivity index (χ4n) is 11.6. The first kappa shape index (κ1) is 39.4. The number of nitrogens with zero attached hydrogens (tertiary/aromatic N) is 5. The standard InChI is InChI=1S/C65H37N5OS/c1-2-19-42(20-3-1)69-50-27-11-8-22-44(50)60-47(25-14-28-51(60)69)64-66-63(67-65(68-64)48-26-15-31-58-61(48)46-24-10-13-30-57(46)72-58)41-36-54(62-45-23-9-12-29-55(45)71-56(62)37-41)70-52-33-32-38-16-6-7-21-43(38)59(52)49-34-39-17-4-5-18-40(39)35-53(49)70/h1-37H. The molecule has 6 nitrogen and oxygen atoms in total. The quantitative estimate of drug-likeness (QED) is 0.172. The molecule has 0 spiro atoms. The Kier molecular flexibility index (Phi) is 8.23. The van der Waals surface area contributed by atoms with Gasteiger partial charge >= 0.3 is 0 Å². The summed E-state index contributed by atoms with van der Waals surface area (Å²) in [4.78, 5) is 16.7. The average Bonchev–Trinajstić information content (AvgIpc) is 4.20. The fraction of sp³-hybridized carbons (Fsp3) is 0. The van der Waals surface area contributed by atoms with Crippen LogP contribution in [0.4, 0.5) is 0 Å². The Hall–Kier alpha value is -9.43. The molecule has 0 N–H and O–H groups in total. The Morgan fingerprint density at radius 1 is 0.333 bits per heavy atom. The van der Waals surface area contributed by atoms with Gasteiger partial charge in [-0.1, -0.05) is 152 Å². The van der Waals surface area contributed by atoms with Crippen LogP contribution in [0.5, 0.6) is 0 Å². The minimum Gasteiger partial charge on any atom is -0.456 e. The lowest BCUT2D eigenvalue weighted by atomic mass is 10.0. The molecule has 0 amide bonds. The van der Waals surface area contributed by atoms with Crippen LogP contribution in [0.25, 0.3) is 153 Å². The molecule has 0 saturated carbocycles. The van der Waals surface area contributed by atoms with Crippen LogP contribution < -0.4 is 0 Å². The molecule has 0 radical (unpaired) electrons. The van der Waals surface area contributed by atoms with E-state index >= 15 is 0 Å². The van der Waals surface area contributed by atoms with E-state index in [1.54, 1.807) is 11.3 Å². The molecular weight excluding hydrogens is 899 g/mol. The molecule has 0 aliphatic heterocycles. The predicted molar refractivity (Wildman–Crippen MR) is 300 cm³/mol. The number of hydrogen-bond acceptors (Lipinski definition) is 5. The number of rotatable bonds is 5. The first-order valence-electron chi connectivity index (χ1n) is 24.3. The highest BCUT2D eigenvalue weighted by atomic mass is 32.1. The van der Waals surface area contributed by atoms with Gasteiger partial charge in [0.05, 0.1) is 33.1 Å². The molecule has 7 heteroatoms. The van der Waals surface area contributed by atoms with Crippen LogP contribution in [0.2, 0.25) is 0 Å². The van der Waals surface area contributed by atoms with Crippen LogP contribution >= 0.6 is 11.3 Å². The van der Waals surface area contributed by atoms with Crippen molar-refractivity contribution in [2.45, 2.75) is 0 Å². The Morgan fingerprint density at radius 2 is 0.958 bits per heavy atom. The Morgan fingerprint density at radius 3 is 1.81 bits per heavy atom. The van der Waals surface area contributed by atoms with Crippen LogP contribution in [-0.4, -0.2) is 24.1 Å². The topological polar surface area (TPSA) is 61.7 Å². The number of thiophene rings is 1. The maximum Gasteiger partial charge on any atom is 0.164 e. The summed E-state index contributed by atoms with van der Waals surface area (Å²) in [6.07, 6.45) is 0. The molecule has 0 aliphatic carbocycles. The van der Waals surface area contributed by atoms with Crippen molar-refractivity contribution < 1.29 is 4.42 Å². The van der Waals surface area contributed by atoms with Gasteiger partial charge in [-0.25, -0.2) is 15.0 Å². The smallest absolute Gasteiger partial charge is 0.164 e. The van der Waals surface area contributed by atoms with Gasteiger partial charge in [0, 0.05) is 69.5 Å². The molecule has 0 saturated heterocycles. The molecule has 72 heavy (non-hydrogen) atoms. The van der Waals surface area contributed by atoms with Gasteiger partial charge in [-0.15, -0.1) is 11.3 Å². The van der Waals surface area contributed by atoms with E-state index in [2.05, 4.69) is 228 Å². The van der Waals surface area contributed by atoms with E-state index in [-0.39, 0.29) is 0 Å². The molecule has 5 aromatic heterocycles. The van der Waals surface area contributed by atoms with Crippen molar-refractivity contribution in [3.05, 3.63) is 224 Å². The first-order chi connectivity index (χ1) is 35.7. The van der Waals surface area contributed by atoms with Gasteiger partial charge in [0.1, 0.15) is 11.2 Å². The molecule has 11 aromatic carbocycles. The summed E-state index contributed by atoms with van der Waals surface area (Å²) in [5.41, 5.74) is 10.8. The molecule has 0 bridgehead atoms. The third-order valence-corrected chi connectivity index (χ3v) is 15.8. The maximum atomic E-state index is 6.91. The van der Waals surface area contributed by atoms with Crippen LogP contribution in [0.1, 0.15) is 0 Å². The zero-order chi connectivity index (χ0) is 47.0. The Labute approximate surface area is 414 Å². The molecule has 0 aliphatic rings. The number of furan rings is 1. The third kappa shape index (κ3) is 5.68. The van der Waals surface area contributed by atoms with Crippen molar-refractivity contribution >= 4 is 119 Å². The molecule has 16 rings (SSSR count). The summed E-state index contributed by atoms with van der Waals surface area (Å²) < 4.78 is 14.1. The summed E-state index contributed by atoms with van der Waals surface area (Å²) in [7, 11) is 0. The van der Waals surface area contributed by atoms with E-state index in [1.807, 2.05) is 6.07 Å². The Balaban J connectivity index is 1.03. The maximum absolute atomic E-state index is 6.91. The average molecular weight is 936 g/mol. The van der Waals surface area contributed by atoms with Crippen molar-refractivity contribution in [2.75, 3.05) is 0 Å². The number of para-hydroxylation sites is 3. The van der Waals surface area contributed by atoms with Crippen molar-refractivity contribution in [3.8, 4) is 45.5 Å². The second-order valence-corrected chi connectivity index (χ2v) is 19.8. The monoisotopic (exact) mass is 935 g/mol. The molecule has 334 valence electrons. The summed E-state index contributed by atoms with van der Waals surface area (Å²) in [5, 5.41) is 13.8. The van der Waals surface area contributed by atoms with E-state index in [0.717, 1.165) is 88.2 Å². The highest BCUT2D eigenvalue weighted by molar-refractivity contribution is 7.25. The normalized spacial score (nSPS) is 12.2. The number of fused-ring (bicyclic) bond motifs is 15. The van der Waals surface area contributed by atoms with Gasteiger partial charge in [0.25, 0.3) is 0 Å². The summed E-state index contributed by atoms with van der Waals surface area (Å²) >= 11 is 1.79. The summed E-state index contributed by atoms with van der Waals surface area (Å²) in [5.74, 6) is 1.75. The van der Waals surface area contributed by atoms with Gasteiger partial charge in [0.15, 0.2) is 17.5 Å². The minimum absolute atomic E-state index is 0.551. The van der Waals surface area contributed by atoms with E-state index in [1.165, 1.54) is 47.1 Å². The lowest BCUT2D eigenvalue weighted by Gasteiger charge is -2.14. The first-order valence-corrected chi connectivity index (χ1v) is 25.1. The zero-order valence-corrected chi connectivity index (χ0v) is 39.2. The SMILES string of the molecule is c1ccc(-n2c3ccccc3c3c(-c4nc(-c5cc(-n6c7cc8ccccc8cc7c7c8ccccc8ccc76)c6c(c5)oc5ccccc56)nc(-c5cccc6sc7ccccc7c56)n4)cccc32)cc1. The largest absolute Gasteiger partial charge is 0.456 e. The zero-order valence-electron chi connectivity index (χ0n) is 38.4. The second kappa shape index (κ2) is 15.0. The minimum atomic E-state index is 0.551. The van der Waals surface area contributed by atoms with Gasteiger partial charge in [-0.2, -0.15) is 0 Å². The van der Waals surface area contributed by atoms with E-state index in [9.17, 15) is 0 Å². The number of aromatic nitrogens is 5. The molecular formula is C65H37N5OS. The lowest BCUT2D eigenvalue weighted by Crippen LogP contribution is -2.02. The van der Waals surface area contributed by atoms with Gasteiger partial charge in [0.2, 0.25) is 0 Å². The molecule has 16 aromatic rings. The highest BCUT2D eigenvalue weighted by Crippen LogP contribution is 2.46. The fourth-order valence-corrected chi connectivity index (χ4v) is 12.8. The van der Waals surface area contributed by atoms with Crippen molar-refractivity contribution in [1.29, 1.82) is 0 Å². The second-order valence-electron chi connectivity index (χ2n) is 18.7. The lowest BCUT2D eigenvalue weighted by molar-refractivity contribution is 0.669.